The van der Waals surface area contributed by atoms with Crippen LogP contribution in [0.5, 0.6) is 23.0 Å². The van der Waals surface area contributed by atoms with Gasteiger partial charge in [0.25, 0.3) is 5.91 Å². The van der Waals surface area contributed by atoms with Gasteiger partial charge in [-0.15, -0.1) is 0 Å². The number of benzene rings is 3. The van der Waals surface area contributed by atoms with Crippen LogP contribution in [0.4, 0.5) is 11.4 Å². The standard InChI is InChI=1S/C25H22N2O6/c1-30-21-14-19(27-25(29)17-6-4-3-5-7-17)22(31-2)13-18(21)26-24(28)11-9-16-8-10-20-23(12-16)33-15-32-20/h3-14H,15H2,1-2H3,(H,26,28)(H,27,29). The topological polar surface area (TPSA) is 95.1 Å². The molecule has 1 heterocycles. The van der Waals surface area contributed by atoms with E-state index in [0.717, 1.165) is 5.56 Å². The Morgan fingerprint density at radius 2 is 1.52 bits per heavy atom. The number of carbonyl (C=O) groups excluding carboxylic acids is 2. The van der Waals surface area contributed by atoms with Crippen LogP contribution in [0.1, 0.15) is 15.9 Å². The van der Waals surface area contributed by atoms with Gasteiger partial charge in [-0.2, -0.15) is 0 Å². The number of carbonyl (C=O) groups is 2. The highest BCUT2D eigenvalue weighted by Gasteiger charge is 2.16. The van der Waals surface area contributed by atoms with Gasteiger partial charge in [0.1, 0.15) is 11.5 Å². The summed E-state index contributed by atoms with van der Waals surface area (Å²) in [6, 6.07) is 17.4. The van der Waals surface area contributed by atoms with Crippen molar-refractivity contribution in [1.29, 1.82) is 0 Å². The lowest BCUT2D eigenvalue weighted by molar-refractivity contribution is -0.111. The SMILES string of the molecule is COc1cc(NC(=O)c2ccccc2)c(OC)cc1NC(=O)C=Cc1ccc2c(c1)OCO2. The van der Waals surface area contributed by atoms with Gasteiger partial charge in [-0.3, -0.25) is 9.59 Å². The summed E-state index contributed by atoms with van der Waals surface area (Å²) < 4.78 is 21.5. The summed E-state index contributed by atoms with van der Waals surface area (Å²) in [5.41, 5.74) is 2.10. The highest BCUT2D eigenvalue weighted by atomic mass is 16.7. The predicted molar refractivity (Wildman–Crippen MR) is 124 cm³/mol. The predicted octanol–water partition coefficient (Wildman–Crippen LogP) is 4.34. The number of rotatable bonds is 7. The Kier molecular flexibility index (Phi) is 6.45. The largest absolute Gasteiger partial charge is 0.494 e. The van der Waals surface area contributed by atoms with E-state index in [0.29, 0.717) is 39.9 Å². The van der Waals surface area contributed by atoms with Crippen LogP contribution in [0.25, 0.3) is 6.08 Å². The van der Waals surface area contributed by atoms with Gasteiger partial charge < -0.3 is 29.6 Å². The highest BCUT2D eigenvalue weighted by molar-refractivity contribution is 6.06. The number of methoxy groups -OCH3 is 2. The Labute approximate surface area is 190 Å². The van der Waals surface area contributed by atoms with Crippen molar-refractivity contribution in [2.45, 2.75) is 0 Å². The Hall–Kier alpha value is -4.46. The third-order valence-corrected chi connectivity index (χ3v) is 4.89. The van der Waals surface area contributed by atoms with Crippen molar-refractivity contribution in [3.05, 3.63) is 77.9 Å². The number of amides is 2. The molecule has 3 aromatic carbocycles. The molecule has 3 aromatic rings. The van der Waals surface area contributed by atoms with E-state index in [1.807, 2.05) is 12.1 Å². The van der Waals surface area contributed by atoms with Crippen molar-refractivity contribution in [3.63, 3.8) is 0 Å². The van der Waals surface area contributed by atoms with Gasteiger partial charge in [0.2, 0.25) is 12.7 Å². The van der Waals surface area contributed by atoms with E-state index in [2.05, 4.69) is 10.6 Å². The van der Waals surface area contributed by atoms with E-state index in [4.69, 9.17) is 18.9 Å². The first-order valence-electron chi connectivity index (χ1n) is 10.1. The van der Waals surface area contributed by atoms with Crippen molar-refractivity contribution < 1.29 is 28.5 Å². The van der Waals surface area contributed by atoms with Gasteiger partial charge in [-0.25, -0.2) is 0 Å². The molecule has 0 unspecified atom stereocenters. The summed E-state index contributed by atoms with van der Waals surface area (Å²) >= 11 is 0. The number of anilines is 2. The molecule has 1 aliphatic rings. The minimum absolute atomic E-state index is 0.187. The maximum Gasteiger partial charge on any atom is 0.255 e. The third kappa shape index (κ3) is 5.07. The molecule has 0 saturated heterocycles. The molecule has 0 fully saturated rings. The van der Waals surface area contributed by atoms with E-state index >= 15 is 0 Å². The van der Waals surface area contributed by atoms with E-state index in [1.165, 1.54) is 20.3 Å². The molecular formula is C25H22N2O6. The fraction of sp³-hybridized carbons (Fsp3) is 0.120. The van der Waals surface area contributed by atoms with Gasteiger partial charge in [-0.1, -0.05) is 24.3 Å². The summed E-state index contributed by atoms with van der Waals surface area (Å²) in [6.07, 6.45) is 3.06. The zero-order valence-electron chi connectivity index (χ0n) is 18.1. The van der Waals surface area contributed by atoms with Crippen molar-refractivity contribution in [1.82, 2.24) is 0 Å². The molecule has 0 aliphatic carbocycles. The molecule has 0 aromatic heterocycles. The Morgan fingerprint density at radius 3 is 2.21 bits per heavy atom. The molecule has 2 amide bonds. The maximum absolute atomic E-state index is 12.5. The summed E-state index contributed by atoms with van der Waals surface area (Å²) in [5, 5.41) is 5.58. The van der Waals surface area contributed by atoms with E-state index in [1.54, 1.807) is 54.6 Å². The minimum atomic E-state index is -0.367. The Bertz CT molecular complexity index is 1210. The van der Waals surface area contributed by atoms with Crippen LogP contribution < -0.4 is 29.6 Å². The lowest BCUT2D eigenvalue weighted by Crippen LogP contribution is -2.14. The molecule has 4 rings (SSSR count). The number of fused-ring (bicyclic) bond motifs is 1. The van der Waals surface area contributed by atoms with Crippen LogP contribution >= 0.6 is 0 Å². The molecule has 0 spiro atoms. The second kappa shape index (κ2) is 9.78. The minimum Gasteiger partial charge on any atom is -0.494 e. The molecule has 0 saturated carbocycles. The zero-order chi connectivity index (χ0) is 23.2. The Morgan fingerprint density at radius 1 is 0.848 bits per heavy atom. The van der Waals surface area contributed by atoms with E-state index in [9.17, 15) is 9.59 Å². The van der Waals surface area contributed by atoms with Gasteiger partial charge in [0, 0.05) is 23.8 Å². The molecule has 168 valence electrons. The molecule has 0 atom stereocenters. The first kappa shape index (κ1) is 21.8. The van der Waals surface area contributed by atoms with Crippen LogP contribution in [0.15, 0.2) is 66.7 Å². The number of ether oxygens (including phenoxy) is 4. The van der Waals surface area contributed by atoms with Crippen LogP contribution in [-0.4, -0.2) is 32.8 Å². The lowest BCUT2D eigenvalue weighted by Gasteiger charge is -2.16. The molecule has 2 N–H and O–H groups in total. The average Bonchev–Trinajstić information content (AvgIpc) is 3.31. The highest BCUT2D eigenvalue weighted by Crippen LogP contribution is 2.37. The van der Waals surface area contributed by atoms with Gasteiger partial charge in [-0.05, 0) is 35.9 Å². The van der Waals surface area contributed by atoms with Crippen LogP contribution in [0, 0.1) is 0 Å². The number of nitrogens with one attached hydrogen (secondary N) is 2. The van der Waals surface area contributed by atoms with Gasteiger partial charge in [0.15, 0.2) is 11.5 Å². The first-order valence-corrected chi connectivity index (χ1v) is 10.1. The Balaban J connectivity index is 1.50. The molecule has 1 aliphatic heterocycles. The quantitative estimate of drug-likeness (QED) is 0.525. The first-order chi connectivity index (χ1) is 16.1. The van der Waals surface area contributed by atoms with Crippen molar-refractivity contribution in [2.75, 3.05) is 31.6 Å². The van der Waals surface area contributed by atoms with Gasteiger partial charge in [0.05, 0.1) is 25.6 Å². The van der Waals surface area contributed by atoms with Crippen LogP contribution in [0.3, 0.4) is 0 Å². The molecule has 8 heteroatoms. The summed E-state index contributed by atoms with van der Waals surface area (Å²) in [4.78, 5) is 25.0. The molecular weight excluding hydrogens is 424 g/mol. The average molecular weight is 446 g/mol. The number of hydrogen-bond acceptors (Lipinski definition) is 6. The van der Waals surface area contributed by atoms with Crippen molar-refractivity contribution >= 4 is 29.3 Å². The van der Waals surface area contributed by atoms with Crippen LogP contribution in [-0.2, 0) is 4.79 Å². The normalized spacial score (nSPS) is 11.8. The van der Waals surface area contributed by atoms with E-state index in [-0.39, 0.29) is 18.6 Å². The third-order valence-electron chi connectivity index (χ3n) is 4.89. The van der Waals surface area contributed by atoms with Crippen LogP contribution in [0.2, 0.25) is 0 Å². The van der Waals surface area contributed by atoms with Gasteiger partial charge >= 0.3 is 0 Å². The lowest BCUT2D eigenvalue weighted by atomic mass is 10.1. The molecule has 0 radical (unpaired) electrons. The van der Waals surface area contributed by atoms with Crippen molar-refractivity contribution in [2.24, 2.45) is 0 Å². The van der Waals surface area contributed by atoms with E-state index < -0.39 is 0 Å². The molecule has 8 nitrogen and oxygen atoms in total. The summed E-state index contributed by atoms with van der Waals surface area (Å²) in [5.74, 6) is 1.39. The second-order valence-corrected chi connectivity index (χ2v) is 7.01. The fourth-order valence-electron chi connectivity index (χ4n) is 3.24. The zero-order valence-corrected chi connectivity index (χ0v) is 18.1. The second-order valence-electron chi connectivity index (χ2n) is 7.01. The number of hydrogen-bond donors (Lipinski definition) is 2. The molecule has 33 heavy (non-hydrogen) atoms. The van der Waals surface area contributed by atoms with Crippen molar-refractivity contribution in [3.8, 4) is 23.0 Å². The molecule has 0 bridgehead atoms. The summed E-state index contributed by atoms with van der Waals surface area (Å²) in [6.45, 7) is 0.187. The maximum atomic E-state index is 12.5. The fourth-order valence-corrected chi connectivity index (χ4v) is 3.24. The smallest absolute Gasteiger partial charge is 0.255 e. The monoisotopic (exact) mass is 446 g/mol. The summed E-state index contributed by atoms with van der Waals surface area (Å²) in [7, 11) is 2.95.